The van der Waals surface area contributed by atoms with E-state index in [1.54, 1.807) is 0 Å². The first-order valence-electron chi connectivity index (χ1n) is 17.5. The zero-order chi connectivity index (χ0) is 34.2. The Labute approximate surface area is 298 Å². The molecule has 3 aromatic heterocycles. The fourth-order valence-electron chi connectivity index (χ4n) is 7.90. The van der Waals surface area contributed by atoms with E-state index in [0.717, 1.165) is 66.0 Å². The molecule has 52 heavy (non-hydrogen) atoms. The summed E-state index contributed by atoms with van der Waals surface area (Å²) in [4.78, 5) is 15.3. The summed E-state index contributed by atoms with van der Waals surface area (Å²) in [5.41, 5.74) is 7.95. The maximum absolute atomic E-state index is 6.47. The van der Waals surface area contributed by atoms with E-state index in [0.29, 0.717) is 17.6 Å². The molecule has 0 fully saturated rings. The van der Waals surface area contributed by atoms with Gasteiger partial charge in [0, 0.05) is 32.7 Å². The van der Waals surface area contributed by atoms with Gasteiger partial charge < -0.3 is 4.42 Å². The van der Waals surface area contributed by atoms with Crippen LogP contribution in [0.25, 0.3) is 105 Å². The summed E-state index contributed by atoms with van der Waals surface area (Å²) < 4.78 is 8.67. The second-order valence-electron chi connectivity index (χ2n) is 13.2. The van der Waals surface area contributed by atoms with E-state index in [9.17, 15) is 0 Å². The minimum Gasteiger partial charge on any atom is -0.456 e. The molecule has 11 aromatic rings. The summed E-state index contributed by atoms with van der Waals surface area (Å²) >= 11 is 0. The lowest BCUT2D eigenvalue weighted by atomic mass is 9.94. The molecule has 5 heteroatoms. The summed E-state index contributed by atoms with van der Waals surface area (Å²) in [5, 5.41) is 9.29. The molecule has 0 aliphatic rings. The smallest absolute Gasteiger partial charge is 0.238 e. The van der Waals surface area contributed by atoms with Gasteiger partial charge in [0.2, 0.25) is 5.95 Å². The first-order valence-corrected chi connectivity index (χ1v) is 17.5. The van der Waals surface area contributed by atoms with Crippen LogP contribution in [0.5, 0.6) is 0 Å². The van der Waals surface area contributed by atoms with E-state index >= 15 is 0 Å². The van der Waals surface area contributed by atoms with E-state index in [-0.39, 0.29) is 0 Å². The van der Waals surface area contributed by atoms with Crippen molar-refractivity contribution in [3.63, 3.8) is 0 Å². The molecule has 0 aliphatic heterocycles. The van der Waals surface area contributed by atoms with Gasteiger partial charge in [0.1, 0.15) is 11.2 Å². The molecule has 0 atom stereocenters. The summed E-state index contributed by atoms with van der Waals surface area (Å²) in [7, 11) is 0. The van der Waals surface area contributed by atoms with Crippen molar-refractivity contribution in [3.8, 4) is 39.9 Å². The molecule has 0 saturated carbocycles. The molecule has 11 rings (SSSR count). The molecule has 0 spiro atoms. The molecule has 5 nitrogen and oxygen atoms in total. The van der Waals surface area contributed by atoms with Gasteiger partial charge in [0.05, 0.1) is 11.0 Å². The molecule has 0 radical (unpaired) electrons. The number of furan rings is 1. The van der Waals surface area contributed by atoms with E-state index in [4.69, 9.17) is 19.4 Å². The normalized spacial score (nSPS) is 11.8. The van der Waals surface area contributed by atoms with Crippen molar-refractivity contribution in [1.82, 2.24) is 19.5 Å². The van der Waals surface area contributed by atoms with Gasteiger partial charge in [-0.3, -0.25) is 4.57 Å². The Hall–Kier alpha value is -7.11. The Morgan fingerprint density at radius 3 is 1.75 bits per heavy atom. The van der Waals surface area contributed by atoms with Crippen LogP contribution in [0.2, 0.25) is 0 Å². The number of aromatic nitrogens is 4. The maximum Gasteiger partial charge on any atom is 0.238 e. The van der Waals surface area contributed by atoms with E-state index < -0.39 is 0 Å². The molecule has 0 bridgehead atoms. The van der Waals surface area contributed by atoms with Crippen LogP contribution in [0.3, 0.4) is 0 Å². The number of fused-ring (bicyclic) bond motifs is 10. The molecular formula is C47H28N4O. The van der Waals surface area contributed by atoms with Gasteiger partial charge in [-0.05, 0) is 63.0 Å². The second-order valence-corrected chi connectivity index (χ2v) is 13.2. The monoisotopic (exact) mass is 664 g/mol. The van der Waals surface area contributed by atoms with Gasteiger partial charge in [0.15, 0.2) is 11.6 Å². The number of rotatable bonds is 4. The topological polar surface area (TPSA) is 56.7 Å². The van der Waals surface area contributed by atoms with Gasteiger partial charge in [-0.15, -0.1) is 0 Å². The van der Waals surface area contributed by atoms with Gasteiger partial charge >= 0.3 is 0 Å². The fraction of sp³-hybridized carbons (Fsp3) is 0. The number of hydrogen-bond donors (Lipinski definition) is 0. The van der Waals surface area contributed by atoms with Gasteiger partial charge in [-0.2, -0.15) is 9.97 Å². The van der Waals surface area contributed by atoms with Crippen LogP contribution >= 0.6 is 0 Å². The van der Waals surface area contributed by atoms with E-state index in [1.165, 1.54) is 21.5 Å². The number of benzene rings is 8. The third-order valence-electron chi connectivity index (χ3n) is 10.2. The van der Waals surface area contributed by atoms with Crippen molar-refractivity contribution >= 4 is 65.3 Å². The highest BCUT2D eigenvalue weighted by molar-refractivity contribution is 6.24. The molecule has 3 heterocycles. The summed E-state index contributed by atoms with van der Waals surface area (Å²) in [5.74, 6) is 1.83. The molecule has 0 unspecified atom stereocenters. The van der Waals surface area contributed by atoms with Crippen molar-refractivity contribution in [2.45, 2.75) is 0 Å². The molecule has 0 amide bonds. The highest BCUT2D eigenvalue weighted by Crippen LogP contribution is 2.43. The first-order chi connectivity index (χ1) is 25.8. The molecular weight excluding hydrogens is 637 g/mol. The van der Waals surface area contributed by atoms with Gasteiger partial charge in [-0.25, -0.2) is 4.98 Å². The number of nitrogens with zero attached hydrogens (tertiary/aromatic N) is 4. The molecule has 0 aliphatic carbocycles. The summed E-state index contributed by atoms with van der Waals surface area (Å²) in [6, 6.07) is 59.1. The molecule has 0 saturated heterocycles. The Balaban J connectivity index is 1.22. The lowest BCUT2D eigenvalue weighted by molar-refractivity contribution is 0.669. The number of hydrogen-bond acceptors (Lipinski definition) is 4. The zero-order valence-corrected chi connectivity index (χ0v) is 27.9. The molecule has 8 aromatic carbocycles. The van der Waals surface area contributed by atoms with Gasteiger partial charge in [0.25, 0.3) is 0 Å². The van der Waals surface area contributed by atoms with Crippen molar-refractivity contribution in [1.29, 1.82) is 0 Å². The van der Waals surface area contributed by atoms with Crippen molar-refractivity contribution in [3.05, 3.63) is 170 Å². The first kappa shape index (κ1) is 28.7. The van der Waals surface area contributed by atoms with Crippen LogP contribution in [0.4, 0.5) is 0 Å². The Bertz CT molecular complexity index is 3120. The largest absolute Gasteiger partial charge is 0.456 e. The predicted molar refractivity (Wildman–Crippen MR) is 213 cm³/mol. The SMILES string of the molecule is c1ccc(-c2nc(-c3ccccc3)nc(-n3c4ccc(-c5cc6oc7ccccc7c6c6ccccc56)cc4c4c5ccccc5ccc43)n2)cc1. The van der Waals surface area contributed by atoms with Crippen molar-refractivity contribution in [2.24, 2.45) is 0 Å². The van der Waals surface area contributed by atoms with E-state index in [1.807, 2.05) is 72.8 Å². The molecule has 242 valence electrons. The van der Waals surface area contributed by atoms with Crippen LogP contribution in [0, 0.1) is 0 Å². The zero-order valence-electron chi connectivity index (χ0n) is 27.9. The molecule has 0 N–H and O–H groups in total. The minimum absolute atomic E-state index is 0.574. The van der Waals surface area contributed by atoms with Gasteiger partial charge in [-0.1, -0.05) is 140 Å². The average molecular weight is 665 g/mol. The Morgan fingerprint density at radius 2 is 1.00 bits per heavy atom. The Kier molecular flexibility index (Phi) is 6.18. The highest BCUT2D eigenvalue weighted by Gasteiger charge is 2.21. The summed E-state index contributed by atoms with van der Waals surface area (Å²) in [6.45, 7) is 0. The Morgan fingerprint density at radius 1 is 0.385 bits per heavy atom. The van der Waals surface area contributed by atoms with Crippen LogP contribution in [0.1, 0.15) is 0 Å². The summed E-state index contributed by atoms with van der Waals surface area (Å²) in [6.07, 6.45) is 0. The maximum atomic E-state index is 6.47. The standard InChI is InChI=1S/C47H28N4O/c1-3-14-30(15-4-1)45-48-46(31-16-5-2-6-17-31)50-47(49-45)51-39-25-24-32(27-38(39)43-33-18-8-7-13-29(33)23-26-40(43)51)37-28-42-44(35-20-10-9-19-34(35)37)36-21-11-12-22-41(36)52-42/h1-28H. The average Bonchev–Trinajstić information content (AvgIpc) is 3.77. The third-order valence-corrected chi connectivity index (χ3v) is 10.2. The second kappa shape index (κ2) is 11.2. The van der Waals surface area contributed by atoms with Crippen molar-refractivity contribution in [2.75, 3.05) is 0 Å². The predicted octanol–water partition coefficient (Wildman–Crippen LogP) is 12.2. The third kappa shape index (κ3) is 4.33. The van der Waals surface area contributed by atoms with Crippen molar-refractivity contribution < 1.29 is 4.42 Å². The van der Waals surface area contributed by atoms with Crippen LogP contribution in [0.15, 0.2) is 174 Å². The minimum atomic E-state index is 0.574. The number of para-hydroxylation sites is 1. The highest BCUT2D eigenvalue weighted by atomic mass is 16.3. The van der Waals surface area contributed by atoms with Crippen LogP contribution in [-0.2, 0) is 0 Å². The fourth-order valence-corrected chi connectivity index (χ4v) is 7.90. The van der Waals surface area contributed by atoms with E-state index in [2.05, 4.69) is 102 Å². The van der Waals surface area contributed by atoms with Crippen LogP contribution in [-0.4, -0.2) is 19.5 Å². The lowest BCUT2D eigenvalue weighted by Gasteiger charge is -2.11. The lowest BCUT2D eigenvalue weighted by Crippen LogP contribution is -2.06. The quantitative estimate of drug-likeness (QED) is 0.188. The van der Waals surface area contributed by atoms with Crippen LogP contribution < -0.4 is 0 Å².